The lowest BCUT2D eigenvalue weighted by Gasteiger charge is -2.21. The van der Waals surface area contributed by atoms with Crippen LogP contribution in [-0.2, 0) is 4.79 Å². The molecule has 0 atom stereocenters. The summed E-state index contributed by atoms with van der Waals surface area (Å²) in [6.45, 7) is 0. The predicted octanol–water partition coefficient (Wildman–Crippen LogP) is 3.35. The molecule has 1 aromatic rings. The second-order valence-electron chi connectivity index (χ2n) is 5.42. The van der Waals surface area contributed by atoms with Gasteiger partial charge in [-0.2, -0.15) is 0 Å². The zero-order valence-corrected chi connectivity index (χ0v) is 11.4. The minimum atomic E-state index is 0.0716. The van der Waals surface area contributed by atoms with Gasteiger partial charge in [0.1, 0.15) is 5.82 Å². The summed E-state index contributed by atoms with van der Waals surface area (Å²) in [5.41, 5.74) is 6.22. The van der Waals surface area contributed by atoms with Crippen LogP contribution in [0.3, 0.4) is 0 Å². The van der Waals surface area contributed by atoms with E-state index in [1.165, 1.54) is 38.5 Å². The third-order valence-electron chi connectivity index (χ3n) is 3.81. The molecule has 0 unspecified atom stereocenters. The highest BCUT2D eigenvalue weighted by Crippen LogP contribution is 2.27. The van der Waals surface area contributed by atoms with E-state index in [1.807, 2.05) is 0 Å². The van der Waals surface area contributed by atoms with Crippen LogP contribution >= 0.6 is 0 Å². The molecule has 0 radical (unpaired) electrons. The molecule has 4 nitrogen and oxygen atoms in total. The number of nitrogens with zero attached hydrogens (tertiary/aromatic N) is 1. The van der Waals surface area contributed by atoms with Gasteiger partial charge in [-0.1, -0.05) is 32.1 Å². The van der Waals surface area contributed by atoms with Gasteiger partial charge in [-0.15, -0.1) is 0 Å². The summed E-state index contributed by atoms with van der Waals surface area (Å²) in [7, 11) is 0. The number of hydrogen-bond donors (Lipinski definition) is 2. The third kappa shape index (κ3) is 4.89. The molecule has 104 valence electrons. The van der Waals surface area contributed by atoms with Crippen LogP contribution in [0.1, 0.15) is 51.4 Å². The highest BCUT2D eigenvalue weighted by Gasteiger charge is 2.13. The number of nitrogens with two attached hydrogens (primary N) is 1. The summed E-state index contributed by atoms with van der Waals surface area (Å²) in [5, 5.41) is 2.85. The maximum Gasteiger partial charge on any atom is 0.224 e. The van der Waals surface area contributed by atoms with Gasteiger partial charge in [-0.25, -0.2) is 4.98 Å². The van der Waals surface area contributed by atoms with Crippen molar-refractivity contribution in [2.24, 2.45) is 5.92 Å². The molecule has 1 aromatic heterocycles. The van der Waals surface area contributed by atoms with Crippen LogP contribution in [-0.4, -0.2) is 10.9 Å². The molecule has 0 spiro atoms. The lowest BCUT2D eigenvalue weighted by Crippen LogP contribution is -2.13. The fraction of sp³-hybridized carbons (Fsp3) is 0.600. The summed E-state index contributed by atoms with van der Waals surface area (Å²) < 4.78 is 0. The van der Waals surface area contributed by atoms with Crippen molar-refractivity contribution >= 4 is 17.4 Å². The lowest BCUT2D eigenvalue weighted by molar-refractivity contribution is -0.116. The van der Waals surface area contributed by atoms with Crippen molar-refractivity contribution < 1.29 is 4.79 Å². The molecule has 1 heterocycles. The molecule has 4 heteroatoms. The Labute approximate surface area is 114 Å². The monoisotopic (exact) mass is 261 g/mol. The number of nitrogens with one attached hydrogen (secondary N) is 1. The van der Waals surface area contributed by atoms with Crippen LogP contribution < -0.4 is 11.1 Å². The Morgan fingerprint density at radius 1 is 1.32 bits per heavy atom. The number of nitrogen functional groups attached to an aromatic ring is 1. The second-order valence-corrected chi connectivity index (χ2v) is 5.42. The van der Waals surface area contributed by atoms with Gasteiger partial charge in [0.05, 0.1) is 11.9 Å². The van der Waals surface area contributed by atoms with E-state index < -0.39 is 0 Å². The molecule has 1 amide bonds. The Morgan fingerprint density at radius 3 is 2.79 bits per heavy atom. The van der Waals surface area contributed by atoms with E-state index in [1.54, 1.807) is 18.3 Å². The van der Waals surface area contributed by atoms with E-state index >= 15 is 0 Å². The Balaban J connectivity index is 1.65. The second kappa shape index (κ2) is 7.12. The van der Waals surface area contributed by atoms with Gasteiger partial charge in [0.15, 0.2) is 0 Å². The minimum Gasteiger partial charge on any atom is -0.384 e. The van der Waals surface area contributed by atoms with Crippen LogP contribution in [0.25, 0.3) is 0 Å². The number of anilines is 2. The van der Waals surface area contributed by atoms with Gasteiger partial charge in [0.2, 0.25) is 5.91 Å². The van der Waals surface area contributed by atoms with Crippen LogP contribution in [0.5, 0.6) is 0 Å². The van der Waals surface area contributed by atoms with Crippen molar-refractivity contribution in [1.82, 2.24) is 4.98 Å². The number of amides is 1. The van der Waals surface area contributed by atoms with E-state index in [-0.39, 0.29) is 5.91 Å². The molecular weight excluding hydrogens is 238 g/mol. The summed E-state index contributed by atoms with van der Waals surface area (Å²) in [5.74, 6) is 1.39. The first kappa shape index (κ1) is 13.8. The summed E-state index contributed by atoms with van der Waals surface area (Å²) in [4.78, 5) is 15.7. The maximum atomic E-state index is 11.8. The zero-order chi connectivity index (χ0) is 13.5. The highest BCUT2D eigenvalue weighted by molar-refractivity contribution is 5.90. The lowest BCUT2D eigenvalue weighted by atomic mass is 9.86. The molecule has 3 N–H and O–H groups in total. The highest BCUT2D eigenvalue weighted by atomic mass is 16.1. The van der Waals surface area contributed by atoms with E-state index in [0.717, 1.165) is 18.0 Å². The Kier molecular flexibility index (Phi) is 5.19. The zero-order valence-electron chi connectivity index (χ0n) is 11.4. The van der Waals surface area contributed by atoms with Crippen LogP contribution in [0.4, 0.5) is 11.5 Å². The molecule has 1 aliphatic carbocycles. The van der Waals surface area contributed by atoms with E-state index in [2.05, 4.69) is 10.3 Å². The third-order valence-corrected chi connectivity index (χ3v) is 3.81. The van der Waals surface area contributed by atoms with E-state index in [4.69, 9.17) is 5.73 Å². The van der Waals surface area contributed by atoms with Crippen molar-refractivity contribution in [2.45, 2.75) is 51.4 Å². The SMILES string of the molecule is Nc1ccc(NC(=O)CCCC2CCCCC2)cn1. The van der Waals surface area contributed by atoms with Crippen LogP contribution in [0, 0.1) is 5.92 Å². The molecule has 0 aromatic carbocycles. The molecule has 0 bridgehead atoms. The molecular formula is C15H23N3O. The molecule has 1 saturated carbocycles. The predicted molar refractivity (Wildman–Crippen MR) is 77.7 cm³/mol. The van der Waals surface area contributed by atoms with Gasteiger partial charge >= 0.3 is 0 Å². The van der Waals surface area contributed by atoms with Crippen LogP contribution in [0.15, 0.2) is 18.3 Å². The molecule has 0 saturated heterocycles. The van der Waals surface area contributed by atoms with Crippen molar-refractivity contribution in [3.05, 3.63) is 18.3 Å². The maximum absolute atomic E-state index is 11.8. The molecule has 2 rings (SSSR count). The Hall–Kier alpha value is -1.58. The summed E-state index contributed by atoms with van der Waals surface area (Å²) >= 11 is 0. The number of hydrogen-bond acceptors (Lipinski definition) is 3. The number of pyridine rings is 1. The molecule has 19 heavy (non-hydrogen) atoms. The standard InChI is InChI=1S/C15H23N3O/c16-14-10-9-13(11-17-14)18-15(19)8-4-7-12-5-2-1-3-6-12/h9-12H,1-8H2,(H2,16,17)(H,18,19). The Morgan fingerprint density at radius 2 is 2.11 bits per heavy atom. The smallest absolute Gasteiger partial charge is 0.224 e. The van der Waals surface area contributed by atoms with E-state index in [0.29, 0.717) is 12.2 Å². The van der Waals surface area contributed by atoms with Crippen LogP contribution in [0.2, 0.25) is 0 Å². The van der Waals surface area contributed by atoms with Gasteiger partial charge in [0.25, 0.3) is 0 Å². The summed E-state index contributed by atoms with van der Waals surface area (Å²) in [6.07, 6.45) is 11.2. The van der Waals surface area contributed by atoms with Gasteiger partial charge in [-0.05, 0) is 30.9 Å². The molecule has 0 aliphatic heterocycles. The van der Waals surface area contributed by atoms with E-state index in [9.17, 15) is 4.79 Å². The number of rotatable bonds is 5. The largest absolute Gasteiger partial charge is 0.384 e. The normalized spacial score (nSPS) is 16.2. The van der Waals surface area contributed by atoms with Crippen molar-refractivity contribution in [2.75, 3.05) is 11.1 Å². The van der Waals surface area contributed by atoms with Gasteiger partial charge in [0, 0.05) is 6.42 Å². The number of aromatic nitrogens is 1. The first-order valence-electron chi connectivity index (χ1n) is 7.25. The quantitative estimate of drug-likeness (QED) is 0.854. The topological polar surface area (TPSA) is 68.0 Å². The summed E-state index contributed by atoms with van der Waals surface area (Å²) in [6, 6.07) is 3.47. The average Bonchev–Trinajstić information content (AvgIpc) is 2.43. The van der Waals surface area contributed by atoms with Crippen molar-refractivity contribution in [1.29, 1.82) is 0 Å². The molecule has 1 aliphatic rings. The fourth-order valence-corrected chi connectivity index (χ4v) is 2.73. The van der Waals surface area contributed by atoms with Gasteiger partial charge < -0.3 is 11.1 Å². The van der Waals surface area contributed by atoms with Crippen molar-refractivity contribution in [3.8, 4) is 0 Å². The van der Waals surface area contributed by atoms with Crippen molar-refractivity contribution in [3.63, 3.8) is 0 Å². The first-order chi connectivity index (χ1) is 9.24. The molecule has 1 fully saturated rings. The fourth-order valence-electron chi connectivity index (χ4n) is 2.73. The minimum absolute atomic E-state index is 0.0716. The average molecular weight is 261 g/mol. The number of carbonyl (C=O) groups is 1. The number of carbonyl (C=O) groups excluding carboxylic acids is 1. The van der Waals surface area contributed by atoms with Gasteiger partial charge in [-0.3, -0.25) is 4.79 Å². The first-order valence-corrected chi connectivity index (χ1v) is 7.25. The Bertz CT molecular complexity index is 396.